The first-order valence-corrected chi connectivity index (χ1v) is 13.7. The third-order valence-corrected chi connectivity index (χ3v) is 7.53. The van der Waals surface area contributed by atoms with Crippen LogP contribution in [0.3, 0.4) is 0 Å². The summed E-state index contributed by atoms with van der Waals surface area (Å²) in [6, 6.07) is 16.1. The SMILES string of the molecule is CN[C@@H]1CC(N=[N+]=[N-])[C@@H](O[C@H]2OC(CN=[N+]=[N-])[C@@H](OCc3ccccc3)[C@@H](OCc3ccccc3)C2N=[N+]=[N-])[C@H](O)C1O. The molecule has 2 aromatic rings. The smallest absolute Gasteiger partial charge is 0.169 e. The Bertz CT molecular complexity index is 1310. The van der Waals surface area contributed by atoms with E-state index >= 15 is 0 Å². The monoisotopic (exact) mass is 594 g/mol. The number of aliphatic hydroxyl groups excluding tert-OH is 2. The fourth-order valence-corrected chi connectivity index (χ4v) is 5.36. The third-order valence-electron chi connectivity index (χ3n) is 7.53. The minimum Gasteiger partial charge on any atom is -0.389 e. The van der Waals surface area contributed by atoms with Crippen molar-refractivity contribution in [2.24, 2.45) is 15.3 Å². The average Bonchev–Trinajstić information content (AvgIpc) is 3.03. The van der Waals surface area contributed by atoms with E-state index in [2.05, 4.69) is 35.4 Å². The average molecular weight is 595 g/mol. The van der Waals surface area contributed by atoms with Crippen LogP contribution in [0.5, 0.6) is 0 Å². The quantitative estimate of drug-likeness (QED) is 0.176. The lowest BCUT2D eigenvalue weighted by atomic mass is 9.84. The molecule has 1 heterocycles. The van der Waals surface area contributed by atoms with E-state index in [1.807, 2.05) is 60.7 Å². The Kier molecular flexibility index (Phi) is 12.0. The van der Waals surface area contributed by atoms with E-state index in [-0.39, 0.29) is 26.2 Å². The van der Waals surface area contributed by atoms with Crippen molar-refractivity contribution in [3.8, 4) is 0 Å². The van der Waals surface area contributed by atoms with Crippen molar-refractivity contribution >= 4 is 0 Å². The Labute approximate surface area is 247 Å². The molecule has 228 valence electrons. The number of nitrogens with zero attached hydrogens (tertiary/aromatic N) is 9. The van der Waals surface area contributed by atoms with Crippen LogP contribution in [-0.4, -0.2) is 84.8 Å². The van der Waals surface area contributed by atoms with Crippen LogP contribution in [0, 0.1) is 0 Å². The van der Waals surface area contributed by atoms with Gasteiger partial charge in [-0.2, -0.15) is 0 Å². The van der Waals surface area contributed by atoms with Crippen molar-refractivity contribution in [3.63, 3.8) is 0 Å². The molecular formula is C27H34N10O6. The van der Waals surface area contributed by atoms with E-state index in [0.717, 1.165) is 11.1 Å². The van der Waals surface area contributed by atoms with E-state index in [0.29, 0.717) is 0 Å². The Morgan fingerprint density at radius 2 is 1.44 bits per heavy atom. The van der Waals surface area contributed by atoms with Crippen LogP contribution in [0.25, 0.3) is 31.3 Å². The van der Waals surface area contributed by atoms with Gasteiger partial charge in [0.15, 0.2) is 6.29 Å². The Morgan fingerprint density at radius 3 is 2.00 bits per heavy atom. The lowest BCUT2D eigenvalue weighted by molar-refractivity contribution is -0.300. The largest absolute Gasteiger partial charge is 0.389 e. The second kappa shape index (κ2) is 16.1. The first kappa shape index (κ1) is 32.0. The third kappa shape index (κ3) is 8.14. The molecule has 43 heavy (non-hydrogen) atoms. The summed E-state index contributed by atoms with van der Waals surface area (Å²) in [5, 5.41) is 36.0. The number of rotatable bonds is 13. The number of benzene rings is 2. The number of nitrogens with one attached hydrogen (secondary N) is 1. The second-order valence-corrected chi connectivity index (χ2v) is 10.2. The molecule has 2 aromatic carbocycles. The fraction of sp³-hybridized carbons (Fsp3) is 0.556. The van der Waals surface area contributed by atoms with Crippen LogP contribution in [0.15, 0.2) is 76.0 Å². The molecule has 3 N–H and O–H groups in total. The van der Waals surface area contributed by atoms with Gasteiger partial charge >= 0.3 is 0 Å². The van der Waals surface area contributed by atoms with Gasteiger partial charge in [-0.3, -0.25) is 0 Å². The van der Waals surface area contributed by atoms with Crippen molar-refractivity contribution in [3.05, 3.63) is 103 Å². The maximum Gasteiger partial charge on any atom is 0.169 e. The van der Waals surface area contributed by atoms with Gasteiger partial charge in [-0.25, -0.2) is 0 Å². The zero-order valence-corrected chi connectivity index (χ0v) is 23.4. The Morgan fingerprint density at radius 1 is 0.837 bits per heavy atom. The van der Waals surface area contributed by atoms with Gasteiger partial charge in [-0.05, 0) is 41.2 Å². The van der Waals surface area contributed by atoms with Gasteiger partial charge < -0.3 is 34.5 Å². The molecule has 16 heteroatoms. The zero-order valence-electron chi connectivity index (χ0n) is 23.4. The highest BCUT2D eigenvalue weighted by molar-refractivity contribution is 5.15. The summed E-state index contributed by atoms with van der Waals surface area (Å²) >= 11 is 0. The Hall–Kier alpha value is -3.91. The van der Waals surface area contributed by atoms with Gasteiger partial charge in [0.25, 0.3) is 0 Å². The second-order valence-electron chi connectivity index (χ2n) is 10.2. The standard InChI is InChI=1S/C27H34N10O6/c1-31-18-12-19(33-36-29)24(23(39)22(18)38)43-27-21(34-37-30)26(41-15-17-10-6-3-7-11-17)25(20(42-27)13-32-35-28)40-14-16-8-4-2-5-9-16/h2-11,18-27,31,38-39H,12-15H2,1H3/t18-,19?,20?,21?,22?,23-,24-,25-,26+,27-/m1/s1. The van der Waals surface area contributed by atoms with Crippen LogP contribution >= 0.6 is 0 Å². The molecule has 0 spiro atoms. The van der Waals surface area contributed by atoms with Gasteiger partial charge in [0.1, 0.15) is 24.4 Å². The van der Waals surface area contributed by atoms with Crippen LogP contribution < -0.4 is 5.32 Å². The zero-order chi connectivity index (χ0) is 30.6. The molecule has 4 rings (SSSR count). The van der Waals surface area contributed by atoms with Crippen LogP contribution in [-0.2, 0) is 32.2 Å². The van der Waals surface area contributed by atoms with E-state index in [4.69, 9.17) is 24.5 Å². The highest BCUT2D eigenvalue weighted by Gasteiger charge is 2.51. The summed E-state index contributed by atoms with van der Waals surface area (Å²) in [5.74, 6) is 0. The minimum absolute atomic E-state index is 0.116. The fourth-order valence-electron chi connectivity index (χ4n) is 5.36. The molecular weight excluding hydrogens is 560 g/mol. The summed E-state index contributed by atoms with van der Waals surface area (Å²) < 4.78 is 25.0. The maximum atomic E-state index is 11.0. The van der Waals surface area contributed by atoms with Gasteiger partial charge in [-0.1, -0.05) is 76.0 Å². The van der Waals surface area contributed by atoms with Crippen molar-refractivity contribution in [1.29, 1.82) is 0 Å². The highest BCUT2D eigenvalue weighted by Crippen LogP contribution is 2.34. The Balaban J connectivity index is 1.68. The first-order chi connectivity index (χ1) is 21.0. The number of azide groups is 3. The van der Waals surface area contributed by atoms with Gasteiger partial charge in [0, 0.05) is 20.8 Å². The molecule has 0 bridgehead atoms. The van der Waals surface area contributed by atoms with Gasteiger partial charge in [-0.15, -0.1) is 0 Å². The van der Waals surface area contributed by atoms with E-state index in [1.165, 1.54) is 0 Å². The molecule has 0 aromatic heterocycles. The number of ether oxygens (including phenoxy) is 4. The van der Waals surface area contributed by atoms with E-state index < -0.39 is 61.0 Å². The van der Waals surface area contributed by atoms with Crippen LogP contribution in [0.4, 0.5) is 0 Å². The topological polar surface area (TPSA) is 236 Å². The van der Waals surface area contributed by atoms with E-state index in [1.54, 1.807) is 7.05 Å². The lowest BCUT2D eigenvalue weighted by Crippen LogP contribution is -2.64. The van der Waals surface area contributed by atoms with Crippen molar-refractivity contribution in [2.75, 3.05) is 13.6 Å². The molecule has 2 aliphatic rings. The normalized spacial score (nSPS) is 32.1. The summed E-state index contributed by atoms with van der Waals surface area (Å²) in [5.41, 5.74) is 29.6. The highest BCUT2D eigenvalue weighted by atomic mass is 16.7. The molecule has 0 radical (unpaired) electrons. The van der Waals surface area contributed by atoms with Crippen molar-refractivity contribution < 1.29 is 29.2 Å². The molecule has 1 saturated carbocycles. The van der Waals surface area contributed by atoms with E-state index in [9.17, 15) is 21.3 Å². The van der Waals surface area contributed by atoms with Crippen LogP contribution in [0.1, 0.15) is 17.5 Å². The molecule has 4 unspecified atom stereocenters. The summed E-state index contributed by atoms with van der Waals surface area (Å²) in [4.78, 5) is 8.76. The predicted octanol–water partition coefficient (Wildman–Crippen LogP) is 3.65. The molecule has 0 amide bonds. The van der Waals surface area contributed by atoms with Gasteiger partial charge in [0.05, 0.1) is 44.1 Å². The molecule has 1 aliphatic carbocycles. The molecule has 1 aliphatic heterocycles. The number of likely N-dealkylation sites (N-methyl/N-ethyl adjacent to an activating group) is 1. The van der Waals surface area contributed by atoms with Crippen LogP contribution in [0.2, 0.25) is 0 Å². The first-order valence-electron chi connectivity index (χ1n) is 13.7. The number of hydrogen-bond donors (Lipinski definition) is 3. The number of aliphatic hydroxyl groups is 2. The lowest BCUT2D eigenvalue weighted by Gasteiger charge is -2.47. The molecule has 2 fully saturated rings. The maximum absolute atomic E-state index is 11.0. The molecule has 10 atom stereocenters. The molecule has 1 saturated heterocycles. The summed E-state index contributed by atoms with van der Waals surface area (Å²) in [6.07, 6.45) is -7.95. The summed E-state index contributed by atoms with van der Waals surface area (Å²) in [7, 11) is 1.61. The molecule has 16 nitrogen and oxygen atoms in total. The summed E-state index contributed by atoms with van der Waals surface area (Å²) in [6.45, 7) is 0.0891. The number of hydrogen-bond acceptors (Lipinski definition) is 10. The minimum atomic E-state index is -1.48. The van der Waals surface area contributed by atoms with Gasteiger partial charge in [0.2, 0.25) is 0 Å². The van der Waals surface area contributed by atoms with Crippen molar-refractivity contribution in [1.82, 2.24) is 5.32 Å². The predicted molar refractivity (Wildman–Crippen MR) is 153 cm³/mol. The van der Waals surface area contributed by atoms with Crippen molar-refractivity contribution in [2.45, 2.75) is 80.7 Å².